The maximum Gasteiger partial charge on any atom is 0.244 e. The van der Waals surface area contributed by atoms with Gasteiger partial charge in [0.15, 0.2) is 0 Å². The first kappa shape index (κ1) is 19.1. The molecule has 0 radical (unpaired) electrons. The fraction of sp³-hybridized carbons (Fsp3) is 0.550. The zero-order valence-electron chi connectivity index (χ0n) is 16.1. The van der Waals surface area contributed by atoms with Crippen LogP contribution in [0.3, 0.4) is 0 Å². The maximum absolute atomic E-state index is 13.2. The minimum atomic E-state index is -3.63. The average Bonchev–Trinajstić information content (AvgIpc) is 3.04. The van der Waals surface area contributed by atoms with Crippen LogP contribution in [0.25, 0.3) is 5.69 Å². The second-order valence-corrected chi connectivity index (χ2v) is 10.0. The molecule has 2 atom stereocenters. The summed E-state index contributed by atoms with van der Waals surface area (Å²) in [5, 5.41) is 4.63. The van der Waals surface area contributed by atoms with Crippen LogP contribution in [0.2, 0.25) is 0 Å². The zero-order chi connectivity index (χ0) is 18.9. The summed E-state index contributed by atoms with van der Waals surface area (Å²) < 4.78 is 31.0. The van der Waals surface area contributed by atoms with E-state index >= 15 is 0 Å². The van der Waals surface area contributed by atoms with Crippen LogP contribution in [-0.2, 0) is 15.4 Å². The van der Waals surface area contributed by atoms with E-state index in [0.29, 0.717) is 11.6 Å². The molecule has 0 amide bonds. The summed E-state index contributed by atoms with van der Waals surface area (Å²) in [7, 11) is -3.63. The smallest absolute Gasteiger partial charge is 0.239 e. The number of nitrogens with zero attached hydrogens (tertiary/aromatic N) is 2. The van der Waals surface area contributed by atoms with Crippen molar-refractivity contribution in [3.63, 3.8) is 0 Å². The predicted molar refractivity (Wildman–Crippen MR) is 104 cm³/mol. The van der Waals surface area contributed by atoms with Gasteiger partial charge in [-0.2, -0.15) is 5.10 Å². The summed E-state index contributed by atoms with van der Waals surface area (Å²) in [6, 6.07) is 9.62. The molecule has 3 rings (SSSR count). The molecular formula is C20H29N3O2S. The van der Waals surface area contributed by atoms with Crippen LogP contribution >= 0.6 is 0 Å². The van der Waals surface area contributed by atoms with E-state index in [4.69, 9.17) is 0 Å². The molecule has 1 saturated carbocycles. The molecule has 6 heteroatoms. The zero-order valence-corrected chi connectivity index (χ0v) is 16.9. The summed E-state index contributed by atoms with van der Waals surface area (Å²) in [5.41, 5.74) is 1.07. The molecule has 1 heterocycles. The lowest BCUT2D eigenvalue weighted by atomic mass is 9.87. The number of nitrogens with one attached hydrogen (secondary N) is 1. The van der Waals surface area contributed by atoms with Gasteiger partial charge in [0.1, 0.15) is 4.90 Å². The van der Waals surface area contributed by atoms with Crippen LogP contribution in [0.1, 0.15) is 59.1 Å². The van der Waals surface area contributed by atoms with E-state index in [-0.39, 0.29) is 16.4 Å². The molecule has 5 nitrogen and oxygen atoms in total. The van der Waals surface area contributed by atoms with Gasteiger partial charge in [-0.1, -0.05) is 58.7 Å². The predicted octanol–water partition coefficient (Wildman–Crippen LogP) is 4.03. The van der Waals surface area contributed by atoms with Crippen LogP contribution in [-0.4, -0.2) is 24.2 Å². The third-order valence-electron chi connectivity index (χ3n) is 5.12. The fourth-order valence-electron chi connectivity index (χ4n) is 3.54. The van der Waals surface area contributed by atoms with Gasteiger partial charge in [-0.3, -0.25) is 0 Å². The number of aromatic nitrogens is 2. The quantitative estimate of drug-likeness (QED) is 0.877. The lowest BCUT2D eigenvalue weighted by Crippen LogP contribution is -2.41. The Balaban J connectivity index is 2.00. The first-order valence-corrected chi connectivity index (χ1v) is 10.8. The molecule has 1 N–H and O–H groups in total. The summed E-state index contributed by atoms with van der Waals surface area (Å²) in [6.45, 7) is 8.11. The number of hydrogen-bond donors (Lipinski definition) is 1. The lowest BCUT2D eigenvalue weighted by molar-refractivity contribution is 0.310. The highest BCUT2D eigenvalue weighted by Gasteiger charge is 2.33. The van der Waals surface area contributed by atoms with Gasteiger partial charge in [-0.25, -0.2) is 17.8 Å². The molecular weight excluding hydrogens is 346 g/mol. The molecule has 0 spiro atoms. The molecule has 2 unspecified atom stereocenters. The minimum Gasteiger partial charge on any atom is -0.239 e. The number of benzene rings is 1. The Hall–Kier alpha value is -1.66. The Labute approximate surface area is 156 Å². The highest BCUT2D eigenvalue weighted by atomic mass is 32.2. The summed E-state index contributed by atoms with van der Waals surface area (Å²) >= 11 is 0. The van der Waals surface area contributed by atoms with E-state index < -0.39 is 10.0 Å². The van der Waals surface area contributed by atoms with Gasteiger partial charge in [0.2, 0.25) is 10.0 Å². The molecule has 0 bridgehead atoms. The normalized spacial score (nSPS) is 21.7. The van der Waals surface area contributed by atoms with Crippen molar-refractivity contribution in [2.45, 2.75) is 69.7 Å². The fourth-order valence-corrected chi connectivity index (χ4v) is 5.26. The topological polar surface area (TPSA) is 64.0 Å². The van der Waals surface area contributed by atoms with Gasteiger partial charge in [0, 0.05) is 11.5 Å². The van der Waals surface area contributed by atoms with Crippen molar-refractivity contribution < 1.29 is 8.42 Å². The van der Waals surface area contributed by atoms with Crippen molar-refractivity contribution in [1.82, 2.24) is 14.5 Å². The van der Waals surface area contributed by atoms with E-state index in [9.17, 15) is 8.42 Å². The van der Waals surface area contributed by atoms with Crippen LogP contribution < -0.4 is 4.72 Å². The van der Waals surface area contributed by atoms with Crippen molar-refractivity contribution in [3.05, 3.63) is 42.2 Å². The van der Waals surface area contributed by atoms with E-state index in [0.717, 1.165) is 24.9 Å². The summed E-state index contributed by atoms with van der Waals surface area (Å²) in [5.74, 6) is 0.362. The monoisotopic (exact) mass is 375 g/mol. The Morgan fingerprint density at radius 2 is 1.77 bits per heavy atom. The molecule has 142 valence electrons. The average molecular weight is 376 g/mol. The minimum absolute atomic E-state index is 0.00152. The maximum atomic E-state index is 13.2. The van der Waals surface area contributed by atoms with Gasteiger partial charge in [0.25, 0.3) is 0 Å². The van der Waals surface area contributed by atoms with Crippen molar-refractivity contribution in [1.29, 1.82) is 0 Å². The van der Waals surface area contributed by atoms with Crippen LogP contribution in [0.5, 0.6) is 0 Å². The third-order valence-corrected chi connectivity index (χ3v) is 6.61. The highest BCUT2D eigenvalue weighted by molar-refractivity contribution is 7.89. The first-order chi connectivity index (χ1) is 12.2. The molecule has 0 saturated heterocycles. The van der Waals surface area contributed by atoms with Crippen molar-refractivity contribution in [2.24, 2.45) is 5.92 Å². The molecule has 26 heavy (non-hydrogen) atoms. The molecule has 1 aromatic carbocycles. The van der Waals surface area contributed by atoms with Gasteiger partial charge < -0.3 is 0 Å². The van der Waals surface area contributed by atoms with E-state index in [1.807, 2.05) is 51.1 Å². The van der Waals surface area contributed by atoms with E-state index in [1.165, 1.54) is 6.42 Å². The second kappa shape index (κ2) is 7.16. The van der Waals surface area contributed by atoms with Crippen molar-refractivity contribution in [2.75, 3.05) is 0 Å². The molecule has 0 aliphatic heterocycles. The number of hydrogen-bond acceptors (Lipinski definition) is 3. The Morgan fingerprint density at radius 1 is 1.12 bits per heavy atom. The first-order valence-electron chi connectivity index (χ1n) is 9.36. The third kappa shape index (κ3) is 4.01. The summed E-state index contributed by atoms with van der Waals surface area (Å²) in [6.07, 6.45) is 5.87. The van der Waals surface area contributed by atoms with Crippen LogP contribution in [0.4, 0.5) is 0 Å². The van der Waals surface area contributed by atoms with Crippen LogP contribution in [0, 0.1) is 5.92 Å². The SMILES string of the molecule is CC1CCCCC1NS(=O)(=O)c1cn(-c2ccccc2)nc1C(C)(C)C. The van der Waals surface area contributed by atoms with Crippen LogP contribution in [0.15, 0.2) is 41.4 Å². The van der Waals surface area contributed by atoms with Gasteiger partial charge in [-0.05, 0) is 30.9 Å². The van der Waals surface area contributed by atoms with Crippen molar-refractivity contribution >= 4 is 10.0 Å². The summed E-state index contributed by atoms with van der Waals surface area (Å²) in [4.78, 5) is 0.284. The molecule has 1 fully saturated rings. The molecule has 1 aliphatic rings. The Morgan fingerprint density at radius 3 is 2.38 bits per heavy atom. The number of rotatable bonds is 4. The molecule has 1 aromatic heterocycles. The Kier molecular flexibility index (Phi) is 5.26. The Bertz CT molecular complexity index is 851. The van der Waals surface area contributed by atoms with Gasteiger partial charge in [-0.15, -0.1) is 0 Å². The number of sulfonamides is 1. The van der Waals surface area contributed by atoms with Gasteiger partial charge >= 0.3 is 0 Å². The van der Waals surface area contributed by atoms with E-state index in [1.54, 1.807) is 10.9 Å². The largest absolute Gasteiger partial charge is 0.244 e. The second-order valence-electron chi connectivity index (χ2n) is 8.36. The highest BCUT2D eigenvalue weighted by Crippen LogP contribution is 2.30. The lowest BCUT2D eigenvalue weighted by Gasteiger charge is -2.29. The van der Waals surface area contributed by atoms with E-state index in [2.05, 4.69) is 16.7 Å². The number of para-hydroxylation sites is 1. The standard InChI is InChI=1S/C20H29N3O2S/c1-15-10-8-9-13-17(15)22-26(24,25)18-14-23(16-11-6-5-7-12-16)21-19(18)20(2,3)4/h5-7,11-12,14-15,17,22H,8-10,13H2,1-4H3. The molecule has 1 aliphatic carbocycles. The molecule has 2 aromatic rings. The van der Waals surface area contributed by atoms with Crippen molar-refractivity contribution in [3.8, 4) is 5.69 Å². The van der Waals surface area contributed by atoms with Gasteiger partial charge in [0.05, 0.1) is 17.6 Å².